The molecule has 0 spiro atoms. The van der Waals surface area contributed by atoms with Crippen molar-refractivity contribution in [1.82, 2.24) is 24.8 Å². The topological polar surface area (TPSA) is 77.1 Å². The maximum atomic E-state index is 13.2. The van der Waals surface area contributed by atoms with Gasteiger partial charge in [-0.3, -0.25) is 9.48 Å². The molecule has 0 atom stereocenters. The molecule has 1 aliphatic heterocycles. The highest BCUT2D eigenvalue weighted by molar-refractivity contribution is 5.94. The molecule has 0 aliphatic carbocycles. The number of nitrogens with zero attached hydrogens (tertiary/aromatic N) is 5. The fraction of sp³-hybridized carbons (Fsp3) is 0.217. The van der Waals surface area contributed by atoms with Crippen LogP contribution in [0.2, 0.25) is 0 Å². The van der Waals surface area contributed by atoms with Crippen LogP contribution in [0.25, 0.3) is 11.6 Å². The molecule has 0 unspecified atom stereocenters. The molecule has 0 fully saturated rings. The van der Waals surface area contributed by atoms with Crippen LogP contribution in [0.5, 0.6) is 0 Å². The Labute approximate surface area is 178 Å². The van der Waals surface area contributed by atoms with E-state index in [1.165, 1.54) is 24.3 Å². The second-order valence-corrected chi connectivity index (χ2v) is 7.56. The number of halogens is 1. The molecule has 0 N–H and O–H groups in total. The van der Waals surface area contributed by atoms with E-state index in [0.717, 1.165) is 16.8 Å². The highest BCUT2D eigenvalue weighted by Gasteiger charge is 2.29. The Balaban J connectivity index is 1.41. The number of amides is 1. The third-order valence-corrected chi connectivity index (χ3v) is 5.50. The van der Waals surface area contributed by atoms with Crippen molar-refractivity contribution < 1.29 is 13.7 Å². The van der Waals surface area contributed by atoms with E-state index in [1.54, 1.807) is 4.90 Å². The Morgan fingerprint density at radius 1 is 1.13 bits per heavy atom. The van der Waals surface area contributed by atoms with Crippen LogP contribution in [-0.4, -0.2) is 37.3 Å². The van der Waals surface area contributed by atoms with Crippen molar-refractivity contribution in [2.24, 2.45) is 7.05 Å². The zero-order valence-corrected chi connectivity index (χ0v) is 17.0. The maximum Gasteiger partial charge on any atom is 0.278 e. The molecule has 0 radical (unpaired) electrons. The van der Waals surface area contributed by atoms with E-state index in [1.807, 2.05) is 42.1 Å². The summed E-state index contributed by atoms with van der Waals surface area (Å²) in [6, 6.07) is 15.5. The predicted molar refractivity (Wildman–Crippen MR) is 111 cm³/mol. The number of rotatable bonds is 4. The van der Waals surface area contributed by atoms with Crippen LogP contribution in [0.3, 0.4) is 0 Å². The molecule has 2 aromatic carbocycles. The number of carbonyl (C=O) groups excluding carboxylic acids is 1. The predicted octanol–water partition coefficient (Wildman–Crippen LogP) is 3.40. The van der Waals surface area contributed by atoms with Crippen molar-refractivity contribution in [2.45, 2.75) is 19.4 Å². The SMILES string of the molecule is Cn1nc(-c2nc(Cc3ccccc3)no2)c2c1CCN(C(=O)c1ccc(F)cc1)C2. The van der Waals surface area contributed by atoms with Crippen LogP contribution in [0.4, 0.5) is 4.39 Å². The van der Waals surface area contributed by atoms with E-state index in [0.29, 0.717) is 48.9 Å². The van der Waals surface area contributed by atoms with Crippen LogP contribution in [-0.2, 0) is 26.4 Å². The normalized spacial score (nSPS) is 13.3. The summed E-state index contributed by atoms with van der Waals surface area (Å²) >= 11 is 0. The first kappa shape index (κ1) is 19.2. The van der Waals surface area contributed by atoms with Gasteiger partial charge < -0.3 is 9.42 Å². The first-order chi connectivity index (χ1) is 15.1. The van der Waals surface area contributed by atoms with Crippen LogP contribution < -0.4 is 0 Å². The first-order valence-corrected chi connectivity index (χ1v) is 10.0. The van der Waals surface area contributed by atoms with E-state index in [2.05, 4.69) is 15.2 Å². The van der Waals surface area contributed by atoms with Crippen LogP contribution in [0.15, 0.2) is 59.1 Å². The lowest BCUT2D eigenvalue weighted by Crippen LogP contribution is -2.36. The molecular formula is C23H20FN5O2. The van der Waals surface area contributed by atoms with Gasteiger partial charge >= 0.3 is 0 Å². The largest absolute Gasteiger partial charge is 0.334 e. The summed E-state index contributed by atoms with van der Waals surface area (Å²) in [5, 5.41) is 8.70. The Hall–Kier alpha value is -3.81. The van der Waals surface area contributed by atoms with Crippen molar-refractivity contribution >= 4 is 5.91 Å². The number of aromatic nitrogens is 4. The highest BCUT2D eigenvalue weighted by Crippen LogP contribution is 2.29. The molecule has 156 valence electrons. The molecule has 7 nitrogen and oxygen atoms in total. The van der Waals surface area contributed by atoms with Gasteiger partial charge in [0.15, 0.2) is 11.5 Å². The van der Waals surface area contributed by atoms with Gasteiger partial charge in [-0.05, 0) is 29.8 Å². The molecule has 1 amide bonds. The third-order valence-electron chi connectivity index (χ3n) is 5.50. The van der Waals surface area contributed by atoms with Crippen molar-refractivity contribution in [3.63, 3.8) is 0 Å². The monoisotopic (exact) mass is 417 g/mol. The summed E-state index contributed by atoms with van der Waals surface area (Å²) in [5.41, 5.74) is 4.09. The molecule has 31 heavy (non-hydrogen) atoms. The standard InChI is InChI=1S/C23H20FN5O2/c1-28-19-11-12-29(23(30)16-7-9-17(24)10-8-16)14-18(19)21(26-28)22-25-20(27-31-22)13-15-5-3-2-4-6-15/h2-10H,11-14H2,1H3. The second-order valence-electron chi connectivity index (χ2n) is 7.56. The zero-order chi connectivity index (χ0) is 21.4. The molecule has 2 aromatic heterocycles. The number of carbonyl (C=O) groups is 1. The molecule has 0 saturated carbocycles. The molecule has 4 aromatic rings. The van der Waals surface area contributed by atoms with Crippen molar-refractivity contribution in [1.29, 1.82) is 0 Å². The van der Waals surface area contributed by atoms with Gasteiger partial charge in [0.25, 0.3) is 11.8 Å². The van der Waals surface area contributed by atoms with Gasteiger partial charge in [0.1, 0.15) is 5.82 Å². The highest BCUT2D eigenvalue weighted by atomic mass is 19.1. The van der Waals surface area contributed by atoms with Gasteiger partial charge in [-0.1, -0.05) is 35.5 Å². The summed E-state index contributed by atoms with van der Waals surface area (Å²) in [5.74, 6) is 0.417. The van der Waals surface area contributed by atoms with Gasteiger partial charge in [-0.25, -0.2) is 4.39 Å². The van der Waals surface area contributed by atoms with Crippen LogP contribution in [0.1, 0.15) is 33.0 Å². The van der Waals surface area contributed by atoms with Gasteiger partial charge in [-0.15, -0.1) is 0 Å². The van der Waals surface area contributed by atoms with Gasteiger partial charge in [-0.2, -0.15) is 10.1 Å². The number of fused-ring (bicyclic) bond motifs is 1. The molecule has 0 saturated heterocycles. The molecule has 1 aliphatic rings. The molecule has 3 heterocycles. The minimum Gasteiger partial charge on any atom is -0.334 e. The number of hydrogen-bond donors (Lipinski definition) is 0. The van der Waals surface area contributed by atoms with Crippen molar-refractivity contribution in [3.05, 3.63) is 88.6 Å². The lowest BCUT2D eigenvalue weighted by atomic mass is 10.0. The number of hydrogen-bond acceptors (Lipinski definition) is 5. The van der Waals surface area contributed by atoms with E-state index < -0.39 is 0 Å². The zero-order valence-electron chi connectivity index (χ0n) is 17.0. The summed E-state index contributed by atoms with van der Waals surface area (Å²) in [6.07, 6.45) is 1.23. The minimum atomic E-state index is -0.366. The van der Waals surface area contributed by atoms with Gasteiger partial charge in [0.05, 0.1) is 6.54 Å². The minimum absolute atomic E-state index is 0.143. The Morgan fingerprint density at radius 3 is 2.68 bits per heavy atom. The maximum absolute atomic E-state index is 13.2. The van der Waals surface area contributed by atoms with Crippen molar-refractivity contribution in [3.8, 4) is 11.6 Å². The molecule has 8 heteroatoms. The Bertz CT molecular complexity index is 1230. The lowest BCUT2D eigenvalue weighted by molar-refractivity contribution is 0.0733. The Kier molecular flexibility index (Phi) is 4.82. The molecule has 0 bridgehead atoms. The van der Waals surface area contributed by atoms with E-state index >= 15 is 0 Å². The smallest absolute Gasteiger partial charge is 0.278 e. The summed E-state index contributed by atoms with van der Waals surface area (Å²) in [6.45, 7) is 0.941. The van der Waals surface area contributed by atoms with E-state index in [9.17, 15) is 9.18 Å². The summed E-state index contributed by atoms with van der Waals surface area (Å²) in [7, 11) is 1.88. The van der Waals surface area contributed by atoms with Crippen molar-refractivity contribution in [2.75, 3.05) is 6.54 Å². The fourth-order valence-electron chi connectivity index (χ4n) is 3.91. The summed E-state index contributed by atoms with van der Waals surface area (Å²) < 4.78 is 20.5. The Morgan fingerprint density at radius 2 is 1.90 bits per heavy atom. The van der Waals surface area contributed by atoms with E-state index in [4.69, 9.17) is 4.52 Å². The number of benzene rings is 2. The quantitative estimate of drug-likeness (QED) is 0.509. The average molecular weight is 417 g/mol. The first-order valence-electron chi connectivity index (χ1n) is 10.0. The third kappa shape index (κ3) is 3.72. The van der Waals surface area contributed by atoms with Gasteiger partial charge in [0, 0.05) is 43.3 Å². The van der Waals surface area contributed by atoms with Crippen LogP contribution >= 0.6 is 0 Å². The second kappa shape index (κ2) is 7.79. The molecule has 5 rings (SSSR count). The summed E-state index contributed by atoms with van der Waals surface area (Å²) in [4.78, 5) is 19.2. The van der Waals surface area contributed by atoms with Crippen LogP contribution in [0, 0.1) is 5.82 Å². The van der Waals surface area contributed by atoms with Gasteiger partial charge in [0.2, 0.25) is 0 Å². The number of aryl methyl sites for hydroxylation is 1. The fourth-order valence-corrected chi connectivity index (χ4v) is 3.91. The van der Waals surface area contributed by atoms with E-state index in [-0.39, 0.29) is 11.7 Å². The molecular weight excluding hydrogens is 397 g/mol. The average Bonchev–Trinajstić information content (AvgIpc) is 3.38. The lowest BCUT2D eigenvalue weighted by Gasteiger charge is -2.27.